The Morgan fingerprint density at radius 3 is 2.25 bits per heavy atom. The van der Waals surface area contributed by atoms with Gasteiger partial charge >= 0.3 is 12.1 Å². The summed E-state index contributed by atoms with van der Waals surface area (Å²) in [7, 11) is 0. The average Bonchev–Trinajstić information content (AvgIpc) is 3.25. The number of amides is 1. The Balaban J connectivity index is 1.47. The maximum absolute atomic E-state index is 12.8. The maximum Gasteiger partial charge on any atom is 0.417 e. The number of furan rings is 1. The zero-order valence-corrected chi connectivity index (χ0v) is 21.5. The lowest BCUT2D eigenvalue weighted by Gasteiger charge is -2.42. The van der Waals surface area contributed by atoms with Crippen LogP contribution in [0.25, 0.3) is 0 Å². The van der Waals surface area contributed by atoms with Crippen molar-refractivity contribution in [1.29, 1.82) is 0 Å². The molecule has 3 aromatic rings. The quantitative estimate of drug-likeness (QED) is 0.371. The second-order valence-electron chi connectivity index (χ2n) is 11.0. The van der Waals surface area contributed by atoms with Crippen LogP contribution in [0.4, 0.5) is 19.0 Å². The van der Waals surface area contributed by atoms with E-state index in [0.29, 0.717) is 12.2 Å². The van der Waals surface area contributed by atoms with Crippen molar-refractivity contribution in [2.45, 2.75) is 77.8 Å². The molecule has 1 amide bonds. The highest BCUT2D eigenvalue weighted by Crippen LogP contribution is 2.46. The van der Waals surface area contributed by atoms with E-state index in [1.54, 1.807) is 12.1 Å². The van der Waals surface area contributed by atoms with Crippen molar-refractivity contribution < 1.29 is 22.4 Å². The normalized spacial score (nSPS) is 16.4. The van der Waals surface area contributed by atoms with E-state index in [0.717, 1.165) is 30.7 Å². The first kappa shape index (κ1) is 25.8. The van der Waals surface area contributed by atoms with Gasteiger partial charge in [-0.1, -0.05) is 39.8 Å². The minimum atomic E-state index is -4.48. The number of aryl methyl sites for hydroxylation is 2. The van der Waals surface area contributed by atoms with E-state index >= 15 is 0 Å². The lowest BCUT2D eigenvalue weighted by atomic mass is 9.62. The van der Waals surface area contributed by atoms with Gasteiger partial charge < -0.3 is 4.42 Å². The molecule has 1 aliphatic rings. The van der Waals surface area contributed by atoms with Crippen LogP contribution in [0.2, 0.25) is 0 Å². The van der Waals surface area contributed by atoms with Crippen LogP contribution >= 0.6 is 0 Å². The second kappa shape index (κ2) is 8.98. The van der Waals surface area contributed by atoms with Crippen molar-refractivity contribution in [3.05, 3.63) is 81.4 Å². The van der Waals surface area contributed by atoms with Crippen LogP contribution < -0.4 is 10.9 Å². The maximum atomic E-state index is 12.8. The van der Waals surface area contributed by atoms with Crippen LogP contribution in [0.3, 0.4) is 0 Å². The Morgan fingerprint density at radius 2 is 1.64 bits per heavy atom. The average molecular weight is 500 g/mol. The van der Waals surface area contributed by atoms with Gasteiger partial charge in [0.25, 0.3) is 0 Å². The summed E-state index contributed by atoms with van der Waals surface area (Å²) < 4.78 is 44.3. The number of hydrazine groups is 1. The molecule has 0 saturated carbocycles. The number of nitrogens with one attached hydrogen (secondary N) is 2. The van der Waals surface area contributed by atoms with E-state index in [2.05, 4.69) is 62.6 Å². The minimum absolute atomic E-state index is 0.0949. The first-order valence-electron chi connectivity index (χ1n) is 12.0. The summed E-state index contributed by atoms with van der Waals surface area (Å²) in [6, 6.07) is 8.90. The fourth-order valence-electron chi connectivity index (χ4n) is 4.78. The molecule has 0 radical (unpaired) electrons. The molecule has 5 nitrogen and oxygen atoms in total. The Morgan fingerprint density at radius 1 is 1.00 bits per heavy atom. The third-order valence-electron chi connectivity index (χ3n) is 7.26. The second-order valence-corrected chi connectivity index (χ2v) is 11.0. The fourth-order valence-corrected chi connectivity index (χ4v) is 4.78. The number of pyridine rings is 1. The Labute approximate surface area is 209 Å². The molecule has 1 aromatic carbocycles. The molecule has 0 atom stereocenters. The number of carbonyl (C=O) groups is 1. The van der Waals surface area contributed by atoms with Crippen LogP contribution in [-0.4, -0.2) is 10.9 Å². The number of fused-ring (bicyclic) bond motifs is 1. The molecular formula is C28H32F3N3O2. The van der Waals surface area contributed by atoms with Gasteiger partial charge in [-0.25, -0.2) is 4.98 Å². The summed E-state index contributed by atoms with van der Waals surface area (Å²) in [4.78, 5) is 16.3. The van der Waals surface area contributed by atoms with E-state index in [9.17, 15) is 18.0 Å². The number of anilines is 1. The smallest absolute Gasteiger partial charge is 0.417 e. The van der Waals surface area contributed by atoms with Crippen molar-refractivity contribution in [2.24, 2.45) is 0 Å². The highest BCUT2D eigenvalue weighted by molar-refractivity contribution is 5.92. The zero-order chi connectivity index (χ0) is 26.5. The molecular weight excluding hydrogens is 467 g/mol. The standard InChI is InChI=1S/C28H32F3N3O2/c1-16-12-21-22(27(5,6)10-9-26(21,3)4)14-18(16)13-20-7-8-23(36-20)25(35)34-33-24-17(2)11-19(15-32-24)28(29,30)31/h7-8,11-12,14-15H,9-10,13H2,1-6H3,(H,32,33)(H,34,35). The summed E-state index contributed by atoms with van der Waals surface area (Å²) in [5, 5.41) is 0. The van der Waals surface area contributed by atoms with E-state index in [-0.39, 0.29) is 28.0 Å². The fraction of sp³-hybridized carbons (Fsp3) is 0.429. The number of hydrogen-bond acceptors (Lipinski definition) is 4. The number of hydrogen-bond donors (Lipinski definition) is 2. The highest BCUT2D eigenvalue weighted by Gasteiger charge is 2.37. The van der Waals surface area contributed by atoms with Crippen molar-refractivity contribution in [3.63, 3.8) is 0 Å². The van der Waals surface area contributed by atoms with Crippen LogP contribution in [0.1, 0.15) is 90.2 Å². The highest BCUT2D eigenvalue weighted by atomic mass is 19.4. The van der Waals surface area contributed by atoms with Crippen LogP contribution in [0.15, 0.2) is 40.9 Å². The number of halogens is 3. The topological polar surface area (TPSA) is 67.2 Å². The van der Waals surface area contributed by atoms with E-state index in [4.69, 9.17) is 4.42 Å². The molecule has 0 saturated heterocycles. The van der Waals surface area contributed by atoms with E-state index < -0.39 is 17.6 Å². The third kappa shape index (κ3) is 5.13. The van der Waals surface area contributed by atoms with Gasteiger partial charge in [-0.3, -0.25) is 15.6 Å². The van der Waals surface area contributed by atoms with Crippen LogP contribution in [-0.2, 0) is 23.4 Å². The van der Waals surface area contributed by atoms with Gasteiger partial charge in [-0.15, -0.1) is 0 Å². The molecule has 0 aliphatic heterocycles. The van der Waals surface area contributed by atoms with Gasteiger partial charge in [0, 0.05) is 12.6 Å². The third-order valence-corrected chi connectivity index (χ3v) is 7.26. The van der Waals surface area contributed by atoms with E-state index in [1.165, 1.54) is 23.6 Å². The molecule has 1 aliphatic carbocycles. The number of alkyl halides is 3. The van der Waals surface area contributed by atoms with Crippen LogP contribution in [0, 0.1) is 13.8 Å². The van der Waals surface area contributed by atoms with Crippen LogP contribution in [0.5, 0.6) is 0 Å². The summed E-state index contributed by atoms with van der Waals surface area (Å²) >= 11 is 0. The SMILES string of the molecule is Cc1cc2c(cc1Cc1ccc(C(=O)NNc3ncc(C(F)(F)F)cc3C)o1)C(C)(C)CCC2(C)C. The molecule has 4 rings (SSSR count). The predicted molar refractivity (Wildman–Crippen MR) is 133 cm³/mol. The monoisotopic (exact) mass is 499 g/mol. The largest absolute Gasteiger partial charge is 0.456 e. The first-order valence-corrected chi connectivity index (χ1v) is 12.0. The molecule has 2 N–H and O–H groups in total. The number of aromatic nitrogens is 1. The number of nitrogens with zero attached hydrogens (tertiary/aromatic N) is 1. The lowest BCUT2D eigenvalue weighted by Crippen LogP contribution is -2.34. The Hall–Kier alpha value is -3.29. The van der Waals surface area contributed by atoms with Gasteiger partial charge in [0.15, 0.2) is 5.76 Å². The molecule has 8 heteroatoms. The zero-order valence-electron chi connectivity index (χ0n) is 21.5. The number of carbonyl (C=O) groups excluding carboxylic acids is 1. The minimum Gasteiger partial charge on any atom is -0.456 e. The molecule has 0 spiro atoms. The Kier molecular flexibility index (Phi) is 6.43. The molecule has 2 heterocycles. The van der Waals surface area contributed by atoms with Crippen molar-refractivity contribution in [3.8, 4) is 0 Å². The van der Waals surface area contributed by atoms with Gasteiger partial charge in [0.05, 0.1) is 5.56 Å². The summed E-state index contributed by atoms with van der Waals surface area (Å²) in [6.07, 6.45) is -0.934. The summed E-state index contributed by atoms with van der Waals surface area (Å²) in [5.41, 5.74) is 9.75. The van der Waals surface area contributed by atoms with Gasteiger partial charge in [0.1, 0.15) is 11.6 Å². The van der Waals surface area contributed by atoms with Crippen molar-refractivity contribution >= 4 is 11.7 Å². The molecule has 0 unspecified atom stereocenters. The van der Waals surface area contributed by atoms with Crippen molar-refractivity contribution in [2.75, 3.05) is 5.43 Å². The summed E-state index contributed by atoms with van der Waals surface area (Å²) in [5.74, 6) is 0.324. The lowest BCUT2D eigenvalue weighted by molar-refractivity contribution is -0.137. The number of rotatable bonds is 5. The first-order chi connectivity index (χ1) is 16.7. The van der Waals surface area contributed by atoms with Gasteiger partial charge in [0.2, 0.25) is 0 Å². The van der Waals surface area contributed by atoms with E-state index in [1.807, 2.05) is 0 Å². The number of benzene rings is 1. The Bertz CT molecular complexity index is 1310. The molecule has 2 aromatic heterocycles. The molecule has 0 bridgehead atoms. The predicted octanol–water partition coefficient (Wildman–Crippen LogP) is 7.01. The van der Waals surface area contributed by atoms with Gasteiger partial charge in [-0.05, 0) is 83.5 Å². The summed E-state index contributed by atoms with van der Waals surface area (Å²) in [6.45, 7) is 12.8. The molecule has 36 heavy (non-hydrogen) atoms. The van der Waals surface area contributed by atoms with Gasteiger partial charge in [-0.2, -0.15) is 13.2 Å². The molecule has 192 valence electrons. The van der Waals surface area contributed by atoms with Crippen molar-refractivity contribution in [1.82, 2.24) is 10.4 Å². The molecule has 0 fully saturated rings.